The second-order valence-corrected chi connectivity index (χ2v) is 10.5. The van der Waals surface area contributed by atoms with Gasteiger partial charge in [0.2, 0.25) is 0 Å². The minimum atomic E-state index is -0.837. The fourth-order valence-corrected chi connectivity index (χ4v) is 4.64. The average molecular weight is 515 g/mol. The summed E-state index contributed by atoms with van der Waals surface area (Å²) in [6.45, 7) is 7.14. The fraction of sp³-hybridized carbons (Fsp3) is 0.345. The highest BCUT2D eigenvalue weighted by Crippen LogP contribution is 2.31. The lowest BCUT2D eigenvalue weighted by atomic mass is 10.0. The van der Waals surface area contributed by atoms with E-state index in [9.17, 15) is 9.90 Å². The number of amides is 1. The second kappa shape index (κ2) is 10.4. The van der Waals surface area contributed by atoms with Gasteiger partial charge in [0.05, 0.1) is 31.1 Å². The van der Waals surface area contributed by atoms with Crippen molar-refractivity contribution in [3.8, 4) is 16.9 Å². The van der Waals surface area contributed by atoms with Gasteiger partial charge in [-0.1, -0.05) is 12.1 Å². The highest BCUT2D eigenvalue weighted by Gasteiger charge is 2.21. The molecule has 0 unspecified atom stereocenters. The summed E-state index contributed by atoms with van der Waals surface area (Å²) in [4.78, 5) is 21.7. The smallest absolute Gasteiger partial charge is 0.254 e. The molecule has 1 fully saturated rings. The Bertz CT molecular complexity index is 1450. The number of rotatable bonds is 7. The Balaban J connectivity index is 1.36. The molecular weight excluding hydrogens is 480 g/mol. The summed E-state index contributed by atoms with van der Waals surface area (Å²) >= 11 is 0. The summed E-state index contributed by atoms with van der Waals surface area (Å²) in [5, 5.41) is 19.9. The summed E-state index contributed by atoms with van der Waals surface area (Å²) in [5.41, 5.74) is 2.51. The van der Waals surface area contributed by atoms with Gasteiger partial charge in [-0.2, -0.15) is 5.10 Å². The SMILES string of the molecule is COc1cc(C(=O)N2CCN(C)CC2)ccc1Nc1cc2cc(-c3cnn(CC(C)(C)O)c3)ccc2cn1. The topological polar surface area (TPSA) is 95.8 Å². The predicted octanol–water partition coefficient (Wildman–Crippen LogP) is 4.01. The molecule has 1 saturated heterocycles. The molecule has 1 aliphatic rings. The van der Waals surface area contributed by atoms with E-state index in [2.05, 4.69) is 33.4 Å². The maximum absolute atomic E-state index is 13.0. The Hall–Kier alpha value is -3.95. The molecule has 0 bridgehead atoms. The van der Waals surface area contributed by atoms with Gasteiger partial charge in [-0.25, -0.2) is 4.98 Å². The van der Waals surface area contributed by atoms with E-state index in [-0.39, 0.29) is 5.91 Å². The molecule has 1 amide bonds. The third kappa shape index (κ3) is 5.79. The Labute approximate surface area is 222 Å². The van der Waals surface area contributed by atoms with Crippen molar-refractivity contribution >= 4 is 28.2 Å². The van der Waals surface area contributed by atoms with Gasteiger partial charge < -0.3 is 25.0 Å². The molecule has 9 nitrogen and oxygen atoms in total. The van der Waals surface area contributed by atoms with Crippen LogP contribution in [0.25, 0.3) is 21.9 Å². The number of aliphatic hydroxyl groups is 1. The van der Waals surface area contributed by atoms with Crippen molar-refractivity contribution in [2.75, 3.05) is 45.7 Å². The number of anilines is 2. The number of nitrogens with zero attached hydrogens (tertiary/aromatic N) is 5. The number of hydrogen-bond donors (Lipinski definition) is 2. The van der Waals surface area contributed by atoms with Crippen LogP contribution in [0.1, 0.15) is 24.2 Å². The van der Waals surface area contributed by atoms with Gasteiger partial charge in [0.1, 0.15) is 11.6 Å². The van der Waals surface area contributed by atoms with Crippen LogP contribution in [0.5, 0.6) is 5.75 Å². The number of likely N-dealkylation sites (N-methyl/N-ethyl adjacent to an activating group) is 1. The average Bonchev–Trinajstić information content (AvgIpc) is 3.35. The number of aromatic nitrogens is 3. The molecule has 1 aliphatic heterocycles. The first-order valence-corrected chi connectivity index (χ1v) is 12.8. The van der Waals surface area contributed by atoms with E-state index >= 15 is 0 Å². The zero-order valence-electron chi connectivity index (χ0n) is 22.3. The lowest BCUT2D eigenvalue weighted by Gasteiger charge is -2.32. The number of fused-ring (bicyclic) bond motifs is 1. The van der Waals surface area contributed by atoms with E-state index in [1.54, 1.807) is 31.7 Å². The van der Waals surface area contributed by atoms with Crippen molar-refractivity contribution < 1.29 is 14.6 Å². The first-order chi connectivity index (χ1) is 18.2. The summed E-state index contributed by atoms with van der Waals surface area (Å²) < 4.78 is 7.37. The number of ether oxygens (including phenoxy) is 1. The third-order valence-corrected chi connectivity index (χ3v) is 6.74. The van der Waals surface area contributed by atoms with Crippen LogP contribution in [-0.2, 0) is 6.54 Å². The third-order valence-electron chi connectivity index (χ3n) is 6.74. The van der Waals surface area contributed by atoms with E-state index in [4.69, 9.17) is 4.74 Å². The molecule has 2 aromatic carbocycles. The van der Waals surface area contributed by atoms with Crippen LogP contribution in [-0.4, -0.2) is 81.5 Å². The van der Waals surface area contributed by atoms with E-state index < -0.39 is 5.60 Å². The molecule has 0 spiro atoms. The highest BCUT2D eigenvalue weighted by molar-refractivity contribution is 5.96. The van der Waals surface area contributed by atoms with Crippen molar-refractivity contribution in [2.45, 2.75) is 26.0 Å². The van der Waals surface area contributed by atoms with Gasteiger partial charge in [0.25, 0.3) is 5.91 Å². The van der Waals surface area contributed by atoms with Crippen LogP contribution in [0.4, 0.5) is 11.5 Å². The molecule has 4 aromatic rings. The molecule has 38 heavy (non-hydrogen) atoms. The Morgan fingerprint density at radius 1 is 1.03 bits per heavy atom. The van der Waals surface area contributed by atoms with Crippen LogP contribution in [0.3, 0.4) is 0 Å². The molecule has 198 valence electrons. The molecule has 9 heteroatoms. The molecule has 0 radical (unpaired) electrons. The zero-order valence-corrected chi connectivity index (χ0v) is 22.3. The molecular formula is C29H34N6O3. The molecule has 0 saturated carbocycles. The van der Waals surface area contributed by atoms with Crippen molar-refractivity contribution in [1.29, 1.82) is 0 Å². The predicted molar refractivity (Wildman–Crippen MR) is 149 cm³/mol. The number of nitrogens with one attached hydrogen (secondary N) is 1. The standard InChI is InChI=1S/C29H34N6O3/c1-29(2,37)19-35-18-24(17-31-35)20-5-6-22-16-30-27(15-23(22)13-20)32-25-8-7-21(14-26(25)38-4)28(36)34-11-9-33(3)10-12-34/h5-8,13-18,37H,9-12,19H2,1-4H3,(H,30,32). The second-order valence-electron chi connectivity index (χ2n) is 10.5. The Kier molecular flexibility index (Phi) is 7.05. The van der Waals surface area contributed by atoms with Crippen LogP contribution in [0, 0.1) is 0 Å². The first-order valence-electron chi connectivity index (χ1n) is 12.8. The lowest BCUT2D eigenvalue weighted by molar-refractivity contribution is 0.0577. The summed E-state index contributed by atoms with van der Waals surface area (Å²) in [7, 11) is 3.67. The van der Waals surface area contributed by atoms with E-state index in [1.165, 1.54) is 0 Å². The molecule has 0 aliphatic carbocycles. The molecule has 2 aromatic heterocycles. The monoisotopic (exact) mass is 514 g/mol. The maximum Gasteiger partial charge on any atom is 0.254 e. The fourth-order valence-electron chi connectivity index (χ4n) is 4.64. The van der Waals surface area contributed by atoms with Crippen molar-refractivity contribution in [3.63, 3.8) is 0 Å². The number of piperazine rings is 1. The highest BCUT2D eigenvalue weighted by atomic mass is 16.5. The Morgan fingerprint density at radius 2 is 1.82 bits per heavy atom. The van der Waals surface area contributed by atoms with Crippen molar-refractivity contribution in [3.05, 3.63) is 66.6 Å². The number of carbonyl (C=O) groups excluding carboxylic acids is 1. The normalized spacial score (nSPS) is 14.6. The van der Waals surface area contributed by atoms with Crippen molar-refractivity contribution in [2.24, 2.45) is 0 Å². The number of methoxy groups -OCH3 is 1. The molecule has 3 heterocycles. The number of hydrogen-bond acceptors (Lipinski definition) is 7. The van der Waals surface area contributed by atoms with Gasteiger partial charge in [0.15, 0.2) is 0 Å². The van der Waals surface area contributed by atoms with E-state index in [1.807, 2.05) is 53.8 Å². The summed E-state index contributed by atoms with van der Waals surface area (Å²) in [5.74, 6) is 1.27. The number of benzene rings is 2. The lowest BCUT2D eigenvalue weighted by Crippen LogP contribution is -2.47. The van der Waals surface area contributed by atoms with Gasteiger partial charge in [-0.3, -0.25) is 9.48 Å². The molecule has 0 atom stereocenters. The zero-order chi connectivity index (χ0) is 26.9. The quantitative estimate of drug-likeness (QED) is 0.385. The van der Waals surface area contributed by atoms with Crippen LogP contribution in [0.2, 0.25) is 0 Å². The van der Waals surface area contributed by atoms with Crippen molar-refractivity contribution in [1.82, 2.24) is 24.6 Å². The molecule has 2 N–H and O–H groups in total. The minimum Gasteiger partial charge on any atom is -0.495 e. The molecule has 5 rings (SSSR count). The van der Waals surface area contributed by atoms with E-state index in [0.717, 1.165) is 53.8 Å². The number of pyridine rings is 1. The van der Waals surface area contributed by atoms with E-state index in [0.29, 0.717) is 23.7 Å². The Morgan fingerprint density at radius 3 is 2.55 bits per heavy atom. The van der Waals surface area contributed by atoms with Crippen LogP contribution < -0.4 is 10.1 Å². The minimum absolute atomic E-state index is 0.0187. The first kappa shape index (κ1) is 25.7. The van der Waals surface area contributed by atoms with Gasteiger partial charge >= 0.3 is 0 Å². The summed E-state index contributed by atoms with van der Waals surface area (Å²) in [6, 6.07) is 13.6. The number of carbonyl (C=O) groups is 1. The van der Waals surface area contributed by atoms with Gasteiger partial charge in [-0.05, 0) is 62.2 Å². The summed E-state index contributed by atoms with van der Waals surface area (Å²) in [6.07, 6.45) is 5.58. The largest absolute Gasteiger partial charge is 0.495 e. The van der Waals surface area contributed by atoms with Gasteiger partial charge in [0, 0.05) is 55.1 Å². The maximum atomic E-state index is 13.0. The van der Waals surface area contributed by atoms with Crippen LogP contribution in [0.15, 0.2) is 61.1 Å². The van der Waals surface area contributed by atoms with Gasteiger partial charge in [-0.15, -0.1) is 0 Å². The van der Waals surface area contributed by atoms with Crippen LogP contribution >= 0.6 is 0 Å².